The molecular weight excluding hydrogens is 269 g/mol. The van der Waals surface area contributed by atoms with Gasteiger partial charge in [0, 0.05) is 29.3 Å². The highest BCUT2D eigenvalue weighted by Crippen LogP contribution is 2.32. The molecule has 1 fully saturated rings. The van der Waals surface area contributed by atoms with Crippen LogP contribution in [0, 0.1) is 5.92 Å². The molecule has 1 N–H and O–H groups in total. The molecule has 0 amide bonds. The van der Waals surface area contributed by atoms with Crippen molar-refractivity contribution < 1.29 is 4.74 Å². The molecule has 0 spiro atoms. The molecule has 0 saturated carbocycles. The van der Waals surface area contributed by atoms with E-state index >= 15 is 0 Å². The Morgan fingerprint density at radius 1 is 1.33 bits per heavy atom. The Kier molecular flexibility index (Phi) is 5.31. The zero-order valence-electron chi connectivity index (χ0n) is 10.6. The van der Waals surface area contributed by atoms with Crippen LogP contribution in [0.4, 0.5) is 0 Å². The average molecular weight is 288 g/mol. The molecule has 4 heteroatoms. The van der Waals surface area contributed by atoms with Gasteiger partial charge in [-0.25, -0.2) is 0 Å². The van der Waals surface area contributed by atoms with Crippen molar-refractivity contribution in [2.75, 3.05) is 20.3 Å². The van der Waals surface area contributed by atoms with E-state index in [2.05, 4.69) is 5.32 Å². The lowest BCUT2D eigenvalue weighted by Gasteiger charge is -2.27. The highest BCUT2D eigenvalue weighted by Gasteiger charge is 2.21. The predicted molar refractivity (Wildman–Crippen MR) is 76.4 cm³/mol. The second-order valence-electron chi connectivity index (χ2n) is 4.80. The largest absolute Gasteiger partial charge is 0.381 e. The average Bonchev–Trinajstić information content (AvgIpc) is 2.38. The molecule has 2 rings (SSSR count). The summed E-state index contributed by atoms with van der Waals surface area (Å²) in [5.41, 5.74) is 1.13. The van der Waals surface area contributed by atoms with Crippen molar-refractivity contribution >= 4 is 23.2 Å². The predicted octanol–water partition coefficient (Wildman–Crippen LogP) is 4.07. The smallest absolute Gasteiger partial charge is 0.0468 e. The lowest BCUT2D eigenvalue weighted by molar-refractivity contribution is 0.0608. The van der Waals surface area contributed by atoms with E-state index in [1.54, 1.807) is 0 Å². The molecule has 1 saturated heterocycles. The van der Waals surface area contributed by atoms with Crippen LogP contribution >= 0.6 is 23.2 Å². The Morgan fingerprint density at radius 2 is 2.06 bits per heavy atom. The second-order valence-corrected chi connectivity index (χ2v) is 5.64. The lowest BCUT2D eigenvalue weighted by atomic mass is 9.89. The summed E-state index contributed by atoms with van der Waals surface area (Å²) >= 11 is 12.2. The molecule has 100 valence electrons. The Hall–Kier alpha value is -0.280. The van der Waals surface area contributed by atoms with Crippen LogP contribution < -0.4 is 5.32 Å². The summed E-state index contributed by atoms with van der Waals surface area (Å²) in [7, 11) is 1.98. The molecule has 0 aliphatic carbocycles. The Labute approximate surface area is 119 Å². The SMILES string of the molecule is CNC(CC1CCOCC1)c1ccc(Cl)cc1Cl. The monoisotopic (exact) mass is 287 g/mol. The Bertz CT molecular complexity index is 391. The van der Waals surface area contributed by atoms with Gasteiger partial charge in [-0.1, -0.05) is 29.3 Å². The second kappa shape index (κ2) is 6.76. The zero-order valence-corrected chi connectivity index (χ0v) is 12.1. The van der Waals surface area contributed by atoms with Crippen LogP contribution in [0.3, 0.4) is 0 Å². The molecule has 1 unspecified atom stereocenters. The number of benzene rings is 1. The van der Waals surface area contributed by atoms with E-state index in [0.29, 0.717) is 10.9 Å². The van der Waals surface area contributed by atoms with Crippen LogP contribution in [-0.4, -0.2) is 20.3 Å². The van der Waals surface area contributed by atoms with Crippen molar-refractivity contribution in [2.24, 2.45) is 5.92 Å². The first-order chi connectivity index (χ1) is 8.70. The fourth-order valence-electron chi connectivity index (χ4n) is 2.50. The molecule has 1 atom stereocenters. The number of hydrogen-bond acceptors (Lipinski definition) is 2. The maximum absolute atomic E-state index is 6.27. The third-order valence-corrected chi connectivity index (χ3v) is 4.16. The molecule has 18 heavy (non-hydrogen) atoms. The maximum atomic E-state index is 6.27. The van der Waals surface area contributed by atoms with E-state index < -0.39 is 0 Å². The number of ether oxygens (including phenoxy) is 1. The van der Waals surface area contributed by atoms with Crippen molar-refractivity contribution in [3.05, 3.63) is 33.8 Å². The molecule has 0 aromatic heterocycles. The zero-order chi connectivity index (χ0) is 13.0. The van der Waals surface area contributed by atoms with E-state index in [9.17, 15) is 0 Å². The van der Waals surface area contributed by atoms with Crippen molar-refractivity contribution in [1.29, 1.82) is 0 Å². The van der Waals surface area contributed by atoms with Gasteiger partial charge in [-0.3, -0.25) is 0 Å². The van der Waals surface area contributed by atoms with Gasteiger partial charge in [-0.05, 0) is 49.9 Å². The Balaban J connectivity index is 2.07. The molecule has 0 bridgehead atoms. The maximum Gasteiger partial charge on any atom is 0.0468 e. The summed E-state index contributed by atoms with van der Waals surface area (Å²) in [6, 6.07) is 6.02. The molecule has 1 aliphatic rings. The normalized spacial score (nSPS) is 18.8. The first-order valence-electron chi connectivity index (χ1n) is 6.40. The quantitative estimate of drug-likeness (QED) is 0.901. The fourth-order valence-corrected chi connectivity index (χ4v) is 3.04. The van der Waals surface area contributed by atoms with Crippen LogP contribution in [0.25, 0.3) is 0 Å². The molecule has 1 heterocycles. The first-order valence-corrected chi connectivity index (χ1v) is 7.16. The number of rotatable bonds is 4. The molecule has 0 radical (unpaired) electrons. The van der Waals surface area contributed by atoms with Gasteiger partial charge in [0.15, 0.2) is 0 Å². The van der Waals surface area contributed by atoms with E-state index in [0.717, 1.165) is 43.1 Å². The third kappa shape index (κ3) is 3.61. The summed E-state index contributed by atoms with van der Waals surface area (Å²) in [5.74, 6) is 0.711. The van der Waals surface area contributed by atoms with Gasteiger partial charge < -0.3 is 10.1 Å². The topological polar surface area (TPSA) is 21.3 Å². The first kappa shape index (κ1) is 14.1. The molecular formula is C14H19Cl2NO. The van der Waals surface area contributed by atoms with Gasteiger partial charge in [0.05, 0.1) is 0 Å². The number of halogens is 2. The van der Waals surface area contributed by atoms with E-state index in [1.165, 1.54) is 0 Å². The molecule has 1 aromatic rings. The van der Waals surface area contributed by atoms with Gasteiger partial charge in [-0.15, -0.1) is 0 Å². The van der Waals surface area contributed by atoms with E-state index in [4.69, 9.17) is 27.9 Å². The van der Waals surface area contributed by atoms with E-state index in [-0.39, 0.29) is 6.04 Å². The van der Waals surface area contributed by atoms with Crippen LogP contribution in [0.5, 0.6) is 0 Å². The Morgan fingerprint density at radius 3 is 2.67 bits per heavy atom. The third-order valence-electron chi connectivity index (χ3n) is 3.60. The van der Waals surface area contributed by atoms with Gasteiger partial charge in [0.25, 0.3) is 0 Å². The van der Waals surface area contributed by atoms with Crippen molar-refractivity contribution in [3.8, 4) is 0 Å². The highest BCUT2D eigenvalue weighted by molar-refractivity contribution is 6.35. The van der Waals surface area contributed by atoms with Crippen molar-refractivity contribution in [2.45, 2.75) is 25.3 Å². The van der Waals surface area contributed by atoms with Crippen LogP contribution in [0.2, 0.25) is 10.0 Å². The molecule has 1 aromatic carbocycles. The lowest BCUT2D eigenvalue weighted by Crippen LogP contribution is -2.24. The summed E-state index contributed by atoms with van der Waals surface area (Å²) in [4.78, 5) is 0. The summed E-state index contributed by atoms with van der Waals surface area (Å²) < 4.78 is 5.40. The van der Waals surface area contributed by atoms with Crippen LogP contribution in [0.1, 0.15) is 30.9 Å². The summed E-state index contributed by atoms with van der Waals surface area (Å²) in [6.07, 6.45) is 3.38. The number of hydrogen-bond donors (Lipinski definition) is 1. The molecule has 2 nitrogen and oxygen atoms in total. The van der Waals surface area contributed by atoms with Gasteiger partial charge in [0.2, 0.25) is 0 Å². The number of nitrogens with one attached hydrogen (secondary N) is 1. The van der Waals surface area contributed by atoms with Crippen molar-refractivity contribution in [1.82, 2.24) is 5.32 Å². The van der Waals surface area contributed by atoms with Crippen molar-refractivity contribution in [3.63, 3.8) is 0 Å². The molecule has 1 aliphatic heterocycles. The highest BCUT2D eigenvalue weighted by atomic mass is 35.5. The minimum atomic E-state index is 0.290. The fraction of sp³-hybridized carbons (Fsp3) is 0.571. The summed E-state index contributed by atoms with van der Waals surface area (Å²) in [5, 5.41) is 4.79. The summed E-state index contributed by atoms with van der Waals surface area (Å²) in [6.45, 7) is 1.77. The standard InChI is InChI=1S/C14H19Cl2NO/c1-17-14(8-10-4-6-18-7-5-10)12-3-2-11(15)9-13(12)16/h2-3,9-10,14,17H,4-8H2,1H3. The minimum Gasteiger partial charge on any atom is -0.381 e. The van der Waals surface area contributed by atoms with Gasteiger partial charge in [0.1, 0.15) is 0 Å². The van der Waals surface area contributed by atoms with Crippen LogP contribution in [-0.2, 0) is 4.74 Å². The minimum absolute atomic E-state index is 0.290. The van der Waals surface area contributed by atoms with E-state index in [1.807, 2.05) is 25.2 Å². The van der Waals surface area contributed by atoms with Gasteiger partial charge >= 0.3 is 0 Å². The van der Waals surface area contributed by atoms with Gasteiger partial charge in [-0.2, -0.15) is 0 Å². The van der Waals surface area contributed by atoms with Crippen LogP contribution in [0.15, 0.2) is 18.2 Å².